The molecule has 0 radical (unpaired) electrons. The van der Waals surface area contributed by atoms with Crippen molar-refractivity contribution in [2.24, 2.45) is 0 Å². The molecule has 1 aliphatic heterocycles. The van der Waals surface area contributed by atoms with Gasteiger partial charge < -0.3 is 0 Å². The number of benzene rings is 2. The Balaban J connectivity index is 1.76. The molecule has 0 unspecified atom stereocenters. The van der Waals surface area contributed by atoms with Crippen LogP contribution >= 0.6 is 15.9 Å². The van der Waals surface area contributed by atoms with E-state index in [9.17, 15) is 0 Å². The summed E-state index contributed by atoms with van der Waals surface area (Å²) in [6.07, 6.45) is 0. The zero-order valence-corrected chi connectivity index (χ0v) is 11.2. The highest BCUT2D eigenvalue weighted by Gasteiger charge is 2.18. The molecule has 3 rings (SSSR count). The smallest absolute Gasteiger partial charge is 0.0252 e. The summed E-state index contributed by atoms with van der Waals surface area (Å²) in [5.41, 5.74) is 4.31. The van der Waals surface area contributed by atoms with Gasteiger partial charge in [0.1, 0.15) is 0 Å². The number of nitrogens with zero attached hydrogens (tertiary/aromatic N) is 1. The third-order valence-electron chi connectivity index (χ3n) is 3.26. The molecule has 0 amide bonds. The molecule has 0 saturated heterocycles. The Morgan fingerprint density at radius 2 is 1.47 bits per heavy atom. The zero-order chi connectivity index (χ0) is 11.7. The van der Waals surface area contributed by atoms with Crippen molar-refractivity contribution in [1.82, 2.24) is 4.90 Å². The van der Waals surface area contributed by atoms with Gasteiger partial charge in [0.25, 0.3) is 0 Å². The van der Waals surface area contributed by atoms with Crippen molar-refractivity contribution in [3.8, 4) is 0 Å². The first-order valence-corrected chi connectivity index (χ1v) is 6.65. The van der Waals surface area contributed by atoms with E-state index in [2.05, 4.69) is 69.4 Å². The summed E-state index contributed by atoms with van der Waals surface area (Å²) in [5.74, 6) is 0. The second kappa shape index (κ2) is 4.63. The maximum Gasteiger partial charge on any atom is 0.0252 e. The topological polar surface area (TPSA) is 3.24 Å². The fraction of sp³-hybridized carbons (Fsp3) is 0.200. The molecule has 1 aliphatic rings. The van der Waals surface area contributed by atoms with Crippen LogP contribution in [0, 0.1) is 0 Å². The second-order valence-corrected chi connectivity index (χ2v) is 5.36. The van der Waals surface area contributed by atoms with E-state index in [1.807, 2.05) is 0 Å². The van der Waals surface area contributed by atoms with E-state index in [4.69, 9.17) is 0 Å². The van der Waals surface area contributed by atoms with Crippen molar-refractivity contribution < 1.29 is 0 Å². The van der Waals surface area contributed by atoms with Crippen LogP contribution in [0.25, 0.3) is 0 Å². The third-order valence-corrected chi connectivity index (χ3v) is 4.03. The van der Waals surface area contributed by atoms with Gasteiger partial charge in [0.15, 0.2) is 0 Å². The van der Waals surface area contributed by atoms with E-state index < -0.39 is 0 Å². The number of hydrogen-bond acceptors (Lipinski definition) is 1. The van der Waals surface area contributed by atoms with E-state index >= 15 is 0 Å². The largest absolute Gasteiger partial charge is 0.291 e. The molecule has 1 nitrogen and oxygen atoms in total. The van der Waals surface area contributed by atoms with Gasteiger partial charge in [0.05, 0.1) is 0 Å². The minimum atomic E-state index is 1.01. The predicted octanol–water partition coefficient (Wildman–Crippen LogP) is 3.96. The molecule has 0 aromatic heterocycles. The number of halogens is 1. The van der Waals surface area contributed by atoms with E-state index in [0.29, 0.717) is 0 Å². The van der Waals surface area contributed by atoms with E-state index in [1.165, 1.54) is 21.2 Å². The van der Waals surface area contributed by atoms with Gasteiger partial charge in [-0.3, -0.25) is 4.90 Å². The van der Waals surface area contributed by atoms with Gasteiger partial charge >= 0.3 is 0 Å². The Morgan fingerprint density at radius 3 is 2.12 bits per heavy atom. The lowest BCUT2D eigenvalue weighted by Crippen LogP contribution is -2.15. The highest BCUT2D eigenvalue weighted by molar-refractivity contribution is 9.10. The molecule has 2 aromatic rings. The average Bonchev–Trinajstić information content (AvgIpc) is 2.74. The van der Waals surface area contributed by atoms with Gasteiger partial charge in [-0.05, 0) is 22.8 Å². The molecule has 17 heavy (non-hydrogen) atoms. The van der Waals surface area contributed by atoms with Crippen LogP contribution in [-0.4, -0.2) is 4.90 Å². The second-order valence-electron chi connectivity index (χ2n) is 4.51. The molecule has 0 atom stereocenters. The quantitative estimate of drug-likeness (QED) is 0.808. The maximum atomic E-state index is 3.61. The van der Waals surface area contributed by atoms with Crippen LogP contribution in [0.4, 0.5) is 0 Å². The standard InChI is InChI=1S/C15H14BrN/c16-15-8-4-3-7-14(15)11-17-9-12-5-1-2-6-13(12)10-17/h1-8H,9-11H2. The lowest BCUT2D eigenvalue weighted by molar-refractivity contribution is 0.275. The summed E-state index contributed by atoms with van der Waals surface area (Å²) in [5, 5.41) is 0. The first kappa shape index (κ1) is 11.0. The lowest BCUT2D eigenvalue weighted by Gasteiger charge is -2.15. The molecule has 2 heteroatoms. The van der Waals surface area contributed by atoms with E-state index in [1.54, 1.807) is 0 Å². The average molecular weight is 288 g/mol. The molecule has 0 N–H and O–H groups in total. The van der Waals surface area contributed by atoms with Gasteiger partial charge in [0, 0.05) is 24.1 Å². The Kier molecular flexibility index (Phi) is 3.00. The van der Waals surface area contributed by atoms with Crippen LogP contribution in [0.15, 0.2) is 53.0 Å². The molecule has 0 saturated carbocycles. The summed E-state index contributed by atoms with van der Waals surface area (Å²) in [7, 11) is 0. The monoisotopic (exact) mass is 287 g/mol. The molecule has 0 aliphatic carbocycles. The van der Waals surface area contributed by atoms with Gasteiger partial charge in [0.2, 0.25) is 0 Å². The van der Waals surface area contributed by atoms with E-state index in [0.717, 1.165) is 19.6 Å². The van der Waals surface area contributed by atoms with Crippen molar-refractivity contribution >= 4 is 15.9 Å². The Morgan fingerprint density at radius 1 is 0.882 bits per heavy atom. The van der Waals surface area contributed by atoms with Crippen LogP contribution in [0.5, 0.6) is 0 Å². The molecule has 0 bridgehead atoms. The van der Waals surface area contributed by atoms with Crippen molar-refractivity contribution in [2.75, 3.05) is 0 Å². The molecule has 2 aromatic carbocycles. The minimum absolute atomic E-state index is 1.01. The summed E-state index contributed by atoms with van der Waals surface area (Å²) in [4.78, 5) is 2.48. The Bertz CT molecular complexity index is 511. The summed E-state index contributed by atoms with van der Waals surface area (Å²) >= 11 is 3.61. The van der Waals surface area contributed by atoms with Crippen molar-refractivity contribution in [3.05, 3.63) is 69.7 Å². The molecule has 0 spiro atoms. The Labute approximate surface area is 110 Å². The minimum Gasteiger partial charge on any atom is -0.291 e. The van der Waals surface area contributed by atoms with Crippen LogP contribution in [0.1, 0.15) is 16.7 Å². The van der Waals surface area contributed by atoms with Gasteiger partial charge in [-0.2, -0.15) is 0 Å². The van der Waals surface area contributed by atoms with Gasteiger partial charge in [-0.15, -0.1) is 0 Å². The first-order chi connectivity index (χ1) is 8.33. The number of rotatable bonds is 2. The van der Waals surface area contributed by atoms with Crippen LogP contribution in [0.3, 0.4) is 0 Å². The molecule has 1 heterocycles. The molecule has 86 valence electrons. The normalized spacial score (nSPS) is 14.9. The van der Waals surface area contributed by atoms with Gasteiger partial charge in [-0.25, -0.2) is 0 Å². The highest BCUT2D eigenvalue weighted by atomic mass is 79.9. The van der Waals surface area contributed by atoms with Crippen LogP contribution in [-0.2, 0) is 19.6 Å². The summed E-state index contributed by atoms with van der Waals surface area (Å²) in [6.45, 7) is 3.14. The lowest BCUT2D eigenvalue weighted by atomic mass is 10.1. The van der Waals surface area contributed by atoms with Crippen LogP contribution in [0.2, 0.25) is 0 Å². The fourth-order valence-corrected chi connectivity index (χ4v) is 2.79. The first-order valence-electron chi connectivity index (χ1n) is 5.85. The zero-order valence-electron chi connectivity index (χ0n) is 9.57. The third kappa shape index (κ3) is 2.28. The van der Waals surface area contributed by atoms with Crippen molar-refractivity contribution in [3.63, 3.8) is 0 Å². The van der Waals surface area contributed by atoms with Crippen molar-refractivity contribution in [2.45, 2.75) is 19.6 Å². The summed E-state index contributed by atoms with van der Waals surface area (Å²) < 4.78 is 1.20. The SMILES string of the molecule is Brc1ccccc1CN1Cc2ccccc2C1. The van der Waals surface area contributed by atoms with Crippen molar-refractivity contribution in [1.29, 1.82) is 0 Å². The predicted molar refractivity (Wildman–Crippen MR) is 73.5 cm³/mol. The van der Waals surface area contributed by atoms with Gasteiger partial charge in [-0.1, -0.05) is 58.4 Å². The number of fused-ring (bicyclic) bond motifs is 1. The molecular weight excluding hydrogens is 274 g/mol. The number of hydrogen-bond donors (Lipinski definition) is 0. The molecule has 0 fully saturated rings. The fourth-order valence-electron chi connectivity index (χ4n) is 2.38. The maximum absolute atomic E-state index is 3.61. The summed E-state index contributed by atoms with van der Waals surface area (Å²) in [6, 6.07) is 17.2. The van der Waals surface area contributed by atoms with Crippen LogP contribution < -0.4 is 0 Å². The van der Waals surface area contributed by atoms with E-state index in [-0.39, 0.29) is 0 Å². The highest BCUT2D eigenvalue weighted by Crippen LogP contribution is 2.26. The Hall–Kier alpha value is -1.12. The molecular formula is C15H14BrN.